The van der Waals surface area contributed by atoms with E-state index >= 15 is 0 Å². The van der Waals surface area contributed by atoms with Gasteiger partial charge >= 0.3 is 5.97 Å². The summed E-state index contributed by atoms with van der Waals surface area (Å²) >= 11 is 0. The molecule has 1 saturated heterocycles. The number of carbonyl (C=O) groups is 1. The van der Waals surface area contributed by atoms with Crippen LogP contribution in [0.5, 0.6) is 0 Å². The zero-order valence-corrected chi connectivity index (χ0v) is 7.88. The van der Waals surface area contributed by atoms with Crippen molar-refractivity contribution >= 4 is 5.97 Å². The molecular weight excluding hydrogens is 166 g/mol. The zero-order valence-electron chi connectivity index (χ0n) is 7.88. The number of ether oxygens (including phenoxy) is 1. The molecule has 3 heteroatoms. The molecular formula is C10H15NO2. The third-order valence-electron chi connectivity index (χ3n) is 4.29. The average molecular weight is 181 g/mol. The second-order valence-corrected chi connectivity index (χ2v) is 4.71. The van der Waals surface area contributed by atoms with E-state index in [9.17, 15) is 4.79 Å². The second-order valence-electron chi connectivity index (χ2n) is 4.71. The first kappa shape index (κ1) is 7.80. The molecule has 3 nitrogen and oxygen atoms in total. The van der Waals surface area contributed by atoms with E-state index in [-0.39, 0.29) is 12.0 Å². The van der Waals surface area contributed by atoms with Crippen LogP contribution in [0.4, 0.5) is 0 Å². The molecule has 72 valence electrons. The molecule has 0 bridgehead atoms. The van der Waals surface area contributed by atoms with Gasteiger partial charge in [0.2, 0.25) is 0 Å². The van der Waals surface area contributed by atoms with Crippen LogP contribution in [0.25, 0.3) is 0 Å². The van der Waals surface area contributed by atoms with Crippen molar-refractivity contribution in [3.05, 3.63) is 0 Å². The van der Waals surface area contributed by atoms with Gasteiger partial charge in [-0.15, -0.1) is 0 Å². The lowest BCUT2D eigenvalue weighted by Gasteiger charge is -2.47. The van der Waals surface area contributed by atoms with Gasteiger partial charge in [0, 0.05) is 12.0 Å². The van der Waals surface area contributed by atoms with Crippen molar-refractivity contribution in [1.82, 2.24) is 5.32 Å². The lowest BCUT2D eigenvalue weighted by Crippen LogP contribution is -2.66. The molecule has 4 atom stereocenters. The molecule has 3 fully saturated rings. The van der Waals surface area contributed by atoms with Gasteiger partial charge in [-0.25, -0.2) is 0 Å². The zero-order chi connectivity index (χ0) is 9.05. The Hall–Kier alpha value is -0.570. The van der Waals surface area contributed by atoms with E-state index in [1.807, 2.05) is 0 Å². The molecule has 0 radical (unpaired) electrons. The molecule has 1 spiro atoms. The topological polar surface area (TPSA) is 38.3 Å². The Labute approximate surface area is 77.8 Å². The molecule has 0 unspecified atom stereocenters. The molecule has 0 aromatic rings. The fraction of sp³-hybridized carbons (Fsp3) is 0.900. The second kappa shape index (κ2) is 2.27. The first-order valence-corrected chi connectivity index (χ1v) is 5.09. The van der Waals surface area contributed by atoms with E-state index in [1.54, 1.807) is 0 Å². The highest BCUT2D eigenvalue weighted by atomic mass is 16.5. The Morgan fingerprint density at radius 3 is 2.85 bits per heavy atom. The summed E-state index contributed by atoms with van der Waals surface area (Å²) in [7, 11) is 1.48. The maximum Gasteiger partial charge on any atom is 0.323 e. The molecule has 1 aliphatic heterocycles. The van der Waals surface area contributed by atoms with Crippen LogP contribution in [0, 0.1) is 17.3 Å². The SMILES string of the molecule is COC(=O)[C@@H]1NC[C@]12CC[C@@H]1C[C@@H]12. The molecule has 0 aromatic heterocycles. The summed E-state index contributed by atoms with van der Waals surface area (Å²) in [5.74, 6) is 1.71. The van der Waals surface area contributed by atoms with E-state index < -0.39 is 0 Å². The molecule has 1 heterocycles. The summed E-state index contributed by atoms with van der Waals surface area (Å²) in [4.78, 5) is 11.4. The van der Waals surface area contributed by atoms with Gasteiger partial charge in [0.05, 0.1) is 7.11 Å². The summed E-state index contributed by atoms with van der Waals surface area (Å²) in [6.45, 7) is 1.04. The highest BCUT2D eigenvalue weighted by molar-refractivity contribution is 5.78. The van der Waals surface area contributed by atoms with Gasteiger partial charge in [0.15, 0.2) is 0 Å². The molecule has 13 heavy (non-hydrogen) atoms. The molecule has 3 rings (SSSR count). The summed E-state index contributed by atoms with van der Waals surface area (Å²) in [5, 5.41) is 3.21. The molecule has 0 aromatic carbocycles. The van der Waals surface area contributed by atoms with Crippen LogP contribution in [0.2, 0.25) is 0 Å². The van der Waals surface area contributed by atoms with Crippen LogP contribution in [0.3, 0.4) is 0 Å². The summed E-state index contributed by atoms with van der Waals surface area (Å²) in [6, 6.07) is 0.00926. The van der Waals surface area contributed by atoms with E-state index in [4.69, 9.17) is 4.74 Å². The number of esters is 1. The van der Waals surface area contributed by atoms with Crippen molar-refractivity contribution in [2.24, 2.45) is 17.3 Å². The van der Waals surface area contributed by atoms with Crippen molar-refractivity contribution in [1.29, 1.82) is 0 Å². The summed E-state index contributed by atoms with van der Waals surface area (Å²) < 4.78 is 4.81. The first-order valence-electron chi connectivity index (χ1n) is 5.09. The number of hydrogen-bond donors (Lipinski definition) is 1. The van der Waals surface area contributed by atoms with Crippen molar-refractivity contribution in [3.63, 3.8) is 0 Å². The Morgan fingerprint density at radius 2 is 2.46 bits per heavy atom. The number of methoxy groups -OCH3 is 1. The van der Waals surface area contributed by atoms with E-state index in [0.717, 1.165) is 18.4 Å². The average Bonchev–Trinajstić information content (AvgIpc) is 2.78. The summed E-state index contributed by atoms with van der Waals surface area (Å²) in [6.07, 6.45) is 3.92. The van der Waals surface area contributed by atoms with Crippen LogP contribution >= 0.6 is 0 Å². The van der Waals surface area contributed by atoms with E-state index in [1.165, 1.54) is 26.4 Å². The minimum atomic E-state index is -0.0567. The quantitative estimate of drug-likeness (QED) is 0.600. The number of carbonyl (C=O) groups excluding carboxylic acids is 1. The highest BCUT2D eigenvalue weighted by Crippen LogP contribution is 2.65. The van der Waals surface area contributed by atoms with Crippen LogP contribution < -0.4 is 5.32 Å². The minimum absolute atomic E-state index is 0.00926. The maximum absolute atomic E-state index is 11.4. The van der Waals surface area contributed by atoms with Crippen LogP contribution in [-0.2, 0) is 9.53 Å². The van der Waals surface area contributed by atoms with Crippen molar-refractivity contribution < 1.29 is 9.53 Å². The lowest BCUT2D eigenvalue weighted by atomic mass is 9.69. The first-order chi connectivity index (χ1) is 6.28. The largest absolute Gasteiger partial charge is 0.468 e. The van der Waals surface area contributed by atoms with Gasteiger partial charge in [0.25, 0.3) is 0 Å². The van der Waals surface area contributed by atoms with Gasteiger partial charge in [-0.05, 0) is 31.1 Å². The maximum atomic E-state index is 11.4. The molecule has 1 N–H and O–H groups in total. The normalized spacial score (nSPS) is 51.3. The summed E-state index contributed by atoms with van der Waals surface area (Å²) in [5.41, 5.74) is 0.303. The van der Waals surface area contributed by atoms with Gasteiger partial charge in [-0.3, -0.25) is 4.79 Å². The predicted molar refractivity (Wildman–Crippen MR) is 47.1 cm³/mol. The van der Waals surface area contributed by atoms with Crippen molar-refractivity contribution in [2.75, 3.05) is 13.7 Å². The van der Waals surface area contributed by atoms with Crippen LogP contribution in [0.15, 0.2) is 0 Å². The Balaban J connectivity index is 1.81. The lowest BCUT2D eigenvalue weighted by molar-refractivity contribution is -0.152. The van der Waals surface area contributed by atoms with Crippen molar-refractivity contribution in [2.45, 2.75) is 25.3 Å². The highest BCUT2D eigenvalue weighted by Gasteiger charge is 2.66. The van der Waals surface area contributed by atoms with Gasteiger partial charge in [0.1, 0.15) is 6.04 Å². The Morgan fingerprint density at radius 1 is 1.62 bits per heavy atom. The third kappa shape index (κ3) is 0.810. The Kier molecular flexibility index (Phi) is 1.36. The molecule has 0 amide bonds. The van der Waals surface area contributed by atoms with Crippen molar-refractivity contribution in [3.8, 4) is 0 Å². The molecule has 2 aliphatic carbocycles. The van der Waals surface area contributed by atoms with E-state index in [0.29, 0.717) is 5.41 Å². The van der Waals surface area contributed by atoms with Gasteiger partial charge < -0.3 is 10.1 Å². The molecule has 3 aliphatic rings. The number of nitrogens with one attached hydrogen (secondary N) is 1. The van der Waals surface area contributed by atoms with Gasteiger partial charge in [-0.1, -0.05) is 0 Å². The predicted octanol–water partition coefficient (Wildman–Crippen LogP) is 0.547. The number of rotatable bonds is 1. The number of fused-ring (bicyclic) bond motifs is 2. The van der Waals surface area contributed by atoms with Crippen LogP contribution in [0.1, 0.15) is 19.3 Å². The monoisotopic (exact) mass is 181 g/mol. The fourth-order valence-electron chi connectivity index (χ4n) is 3.39. The van der Waals surface area contributed by atoms with Gasteiger partial charge in [-0.2, -0.15) is 0 Å². The smallest absolute Gasteiger partial charge is 0.323 e. The standard InChI is InChI=1S/C10H15NO2/c1-13-9(12)8-10(5-11-8)3-2-6-4-7(6)10/h6-8,11H,2-5H2,1H3/t6-,7+,8+,10+/m1/s1. The van der Waals surface area contributed by atoms with Crippen LogP contribution in [-0.4, -0.2) is 25.7 Å². The minimum Gasteiger partial charge on any atom is -0.468 e. The fourth-order valence-corrected chi connectivity index (χ4v) is 3.39. The Bertz CT molecular complexity index is 266. The molecule has 2 saturated carbocycles. The third-order valence-corrected chi connectivity index (χ3v) is 4.29. The number of hydrogen-bond acceptors (Lipinski definition) is 3. The van der Waals surface area contributed by atoms with E-state index in [2.05, 4.69) is 5.32 Å².